The zero-order chi connectivity index (χ0) is 11.9. The van der Waals surface area contributed by atoms with Crippen LogP contribution >= 0.6 is 0 Å². The molecule has 0 heterocycles. The summed E-state index contributed by atoms with van der Waals surface area (Å²) in [5.74, 6) is -0.686. The minimum Gasteiger partial charge on any atom is -0.461 e. The lowest BCUT2D eigenvalue weighted by molar-refractivity contribution is -0.137. The number of hydrogen-bond acceptors (Lipinski definition) is 5. The van der Waals surface area contributed by atoms with Crippen molar-refractivity contribution < 1.29 is 27.6 Å². The second-order valence-corrected chi connectivity index (χ2v) is 3.88. The zero-order valence-electron chi connectivity index (χ0n) is 8.00. The van der Waals surface area contributed by atoms with Gasteiger partial charge in [0.2, 0.25) is 0 Å². The Morgan fingerprint density at radius 2 is 2.07 bits per heavy atom. The molecule has 8 heteroatoms. The van der Waals surface area contributed by atoms with Gasteiger partial charge in [-0.2, -0.15) is 12.7 Å². The summed E-state index contributed by atoms with van der Waals surface area (Å²) in [7, 11) is -4.38. The number of carbonyl (C=O) groups excluding carboxylic acids is 1. The first-order valence-electron chi connectivity index (χ1n) is 4.04. The summed E-state index contributed by atoms with van der Waals surface area (Å²) < 4.78 is 35.1. The molecule has 0 amide bonds. The van der Waals surface area contributed by atoms with E-state index in [0.29, 0.717) is 4.31 Å². The highest BCUT2D eigenvalue weighted by Crippen LogP contribution is 1.96. The predicted molar refractivity (Wildman–Crippen MR) is 51.4 cm³/mol. The molecule has 0 aromatic rings. The average Bonchev–Trinajstić information content (AvgIpc) is 2.14. The standard InChI is InChI=1S/C7H13NO6S/c1-2-7(10)14-6-4-8(3-5-9)15(11,12)13/h2,9H,1,3-6H2,(H,11,12,13). The highest BCUT2D eigenvalue weighted by molar-refractivity contribution is 7.83. The summed E-state index contributed by atoms with van der Waals surface area (Å²) in [5, 5.41) is 8.51. The van der Waals surface area contributed by atoms with Crippen LogP contribution in [0.1, 0.15) is 0 Å². The second-order valence-electron chi connectivity index (χ2n) is 2.47. The average molecular weight is 239 g/mol. The molecule has 0 spiro atoms. The minimum absolute atomic E-state index is 0.218. The molecule has 0 unspecified atom stereocenters. The van der Waals surface area contributed by atoms with E-state index in [1.54, 1.807) is 0 Å². The summed E-state index contributed by atoms with van der Waals surface area (Å²) in [6, 6.07) is 0. The lowest BCUT2D eigenvalue weighted by Gasteiger charge is -2.16. The van der Waals surface area contributed by atoms with Crippen molar-refractivity contribution in [3.63, 3.8) is 0 Å². The molecule has 0 aliphatic heterocycles. The topological polar surface area (TPSA) is 104 Å². The van der Waals surface area contributed by atoms with Crippen molar-refractivity contribution in [2.45, 2.75) is 0 Å². The number of ether oxygens (including phenoxy) is 1. The molecule has 2 N–H and O–H groups in total. The van der Waals surface area contributed by atoms with E-state index in [2.05, 4.69) is 11.3 Å². The quantitative estimate of drug-likeness (QED) is 0.329. The SMILES string of the molecule is C=CC(=O)OCCN(CCO)S(=O)(=O)O. The fourth-order valence-electron chi connectivity index (χ4n) is 0.761. The number of nitrogens with zero attached hydrogens (tertiary/aromatic N) is 1. The fraction of sp³-hybridized carbons (Fsp3) is 0.571. The Balaban J connectivity index is 4.09. The Bertz CT molecular complexity index is 311. The van der Waals surface area contributed by atoms with Crippen molar-refractivity contribution in [1.82, 2.24) is 4.31 Å². The number of carbonyl (C=O) groups is 1. The Labute approximate surface area is 87.8 Å². The van der Waals surface area contributed by atoms with Crippen molar-refractivity contribution in [3.8, 4) is 0 Å². The maximum Gasteiger partial charge on any atom is 0.336 e. The molecule has 0 atom stereocenters. The van der Waals surface area contributed by atoms with Gasteiger partial charge in [0.25, 0.3) is 0 Å². The summed E-state index contributed by atoms with van der Waals surface area (Å²) in [6.45, 7) is 2.01. The molecular weight excluding hydrogens is 226 g/mol. The van der Waals surface area contributed by atoms with Crippen molar-refractivity contribution in [2.75, 3.05) is 26.3 Å². The van der Waals surface area contributed by atoms with Crippen LogP contribution in [0.2, 0.25) is 0 Å². The number of hydrogen-bond donors (Lipinski definition) is 2. The van der Waals surface area contributed by atoms with Crippen LogP contribution in [0.5, 0.6) is 0 Å². The third-order valence-electron chi connectivity index (χ3n) is 1.43. The molecular formula is C7H13NO6S. The molecule has 0 aromatic heterocycles. The van der Waals surface area contributed by atoms with Gasteiger partial charge in [-0.15, -0.1) is 0 Å². The smallest absolute Gasteiger partial charge is 0.336 e. The van der Waals surface area contributed by atoms with E-state index in [-0.39, 0.29) is 19.7 Å². The van der Waals surface area contributed by atoms with Crippen molar-refractivity contribution in [1.29, 1.82) is 0 Å². The molecule has 0 saturated carbocycles. The molecule has 15 heavy (non-hydrogen) atoms. The predicted octanol–water partition coefficient (Wildman–Crippen LogP) is -1.19. The lowest BCUT2D eigenvalue weighted by Crippen LogP contribution is -2.36. The van der Waals surface area contributed by atoms with Gasteiger partial charge < -0.3 is 9.84 Å². The Hall–Kier alpha value is -0.960. The Morgan fingerprint density at radius 3 is 2.47 bits per heavy atom. The van der Waals surface area contributed by atoms with E-state index < -0.39 is 22.9 Å². The van der Waals surface area contributed by atoms with Gasteiger partial charge in [0.05, 0.1) is 13.2 Å². The van der Waals surface area contributed by atoms with Crippen LogP contribution in [-0.2, 0) is 19.8 Å². The molecule has 0 fully saturated rings. The van der Waals surface area contributed by atoms with Gasteiger partial charge >= 0.3 is 16.3 Å². The van der Waals surface area contributed by atoms with Crippen LogP contribution in [0.3, 0.4) is 0 Å². The van der Waals surface area contributed by atoms with E-state index in [4.69, 9.17) is 9.66 Å². The van der Waals surface area contributed by atoms with Crippen LogP contribution in [0.15, 0.2) is 12.7 Å². The van der Waals surface area contributed by atoms with Gasteiger partial charge in [-0.3, -0.25) is 4.55 Å². The van der Waals surface area contributed by atoms with Gasteiger partial charge in [0, 0.05) is 12.6 Å². The maximum absolute atomic E-state index is 10.7. The highest BCUT2D eigenvalue weighted by Gasteiger charge is 2.17. The fourth-order valence-corrected chi connectivity index (χ4v) is 1.38. The van der Waals surface area contributed by atoms with Gasteiger partial charge in [0.1, 0.15) is 6.61 Å². The third kappa shape index (κ3) is 6.18. The van der Waals surface area contributed by atoms with E-state index in [9.17, 15) is 13.2 Å². The molecule has 0 aliphatic carbocycles. The third-order valence-corrected chi connectivity index (χ3v) is 2.45. The Kier molecular flexibility index (Phi) is 6.09. The molecule has 0 rings (SSSR count). The number of aliphatic hydroxyl groups excluding tert-OH is 1. The van der Waals surface area contributed by atoms with Gasteiger partial charge in [-0.1, -0.05) is 6.58 Å². The van der Waals surface area contributed by atoms with Crippen molar-refractivity contribution in [2.24, 2.45) is 0 Å². The van der Waals surface area contributed by atoms with Crippen LogP contribution in [0.25, 0.3) is 0 Å². The van der Waals surface area contributed by atoms with Crippen molar-refractivity contribution in [3.05, 3.63) is 12.7 Å². The minimum atomic E-state index is -4.38. The van der Waals surface area contributed by atoms with Crippen molar-refractivity contribution >= 4 is 16.3 Å². The van der Waals surface area contributed by atoms with Crippen LogP contribution < -0.4 is 0 Å². The molecule has 0 aliphatic rings. The van der Waals surface area contributed by atoms with Gasteiger partial charge in [-0.05, 0) is 0 Å². The molecule has 0 aromatic carbocycles. The molecule has 0 saturated heterocycles. The largest absolute Gasteiger partial charge is 0.461 e. The molecule has 7 nitrogen and oxygen atoms in total. The summed E-state index contributed by atoms with van der Waals surface area (Å²) in [6.07, 6.45) is 0.934. The number of aliphatic hydroxyl groups is 1. The van der Waals surface area contributed by atoms with Crippen LogP contribution in [0, 0.1) is 0 Å². The molecule has 0 radical (unpaired) electrons. The number of esters is 1. The van der Waals surface area contributed by atoms with Crippen LogP contribution in [-0.4, -0.2) is 54.7 Å². The summed E-state index contributed by atoms with van der Waals surface area (Å²) in [4.78, 5) is 10.6. The van der Waals surface area contributed by atoms with E-state index in [0.717, 1.165) is 6.08 Å². The van der Waals surface area contributed by atoms with Gasteiger partial charge in [-0.25, -0.2) is 4.79 Å². The zero-order valence-corrected chi connectivity index (χ0v) is 8.81. The lowest BCUT2D eigenvalue weighted by atomic mass is 10.6. The van der Waals surface area contributed by atoms with E-state index >= 15 is 0 Å². The molecule has 88 valence electrons. The molecule has 0 bridgehead atoms. The summed E-state index contributed by atoms with van der Waals surface area (Å²) >= 11 is 0. The van der Waals surface area contributed by atoms with E-state index in [1.807, 2.05) is 0 Å². The maximum atomic E-state index is 10.7. The second kappa shape index (κ2) is 6.51. The first-order valence-corrected chi connectivity index (χ1v) is 5.44. The monoisotopic (exact) mass is 239 g/mol. The summed E-state index contributed by atoms with van der Waals surface area (Å²) in [5.41, 5.74) is 0. The van der Waals surface area contributed by atoms with Crippen LogP contribution in [0.4, 0.5) is 0 Å². The highest BCUT2D eigenvalue weighted by atomic mass is 32.2. The number of rotatable bonds is 7. The van der Waals surface area contributed by atoms with E-state index in [1.165, 1.54) is 0 Å². The first kappa shape index (κ1) is 14.0. The normalized spacial score (nSPS) is 11.4. The Morgan fingerprint density at radius 1 is 1.47 bits per heavy atom. The van der Waals surface area contributed by atoms with Gasteiger partial charge in [0.15, 0.2) is 0 Å². The first-order chi connectivity index (χ1) is 6.91.